The quantitative estimate of drug-likeness (QED) is 0.740. The van der Waals surface area contributed by atoms with Gasteiger partial charge < -0.3 is 10.5 Å². The van der Waals surface area contributed by atoms with E-state index in [9.17, 15) is 17.4 Å². The molecule has 3 nitrogen and oxygen atoms in total. The predicted molar refractivity (Wildman–Crippen MR) is 48.1 cm³/mol. The summed E-state index contributed by atoms with van der Waals surface area (Å²) >= 11 is 0. The van der Waals surface area contributed by atoms with Gasteiger partial charge in [0.05, 0.1) is 0 Å². The number of rotatable bonds is 6. The molecule has 2 atom stereocenters. The van der Waals surface area contributed by atoms with Gasteiger partial charge in [-0.15, -0.1) is 0 Å². The third-order valence-corrected chi connectivity index (χ3v) is 2.72. The zero-order valence-corrected chi connectivity index (χ0v) is 8.66. The van der Waals surface area contributed by atoms with Crippen molar-refractivity contribution in [2.75, 3.05) is 24.8 Å². The van der Waals surface area contributed by atoms with Crippen molar-refractivity contribution in [1.82, 2.24) is 0 Å². The Morgan fingerprint density at radius 3 is 2.50 bits per heavy atom. The van der Waals surface area contributed by atoms with Gasteiger partial charge in [-0.05, 0) is 12.5 Å². The van der Waals surface area contributed by atoms with Gasteiger partial charge in [0.1, 0.15) is 12.5 Å². The number of nitrogens with two attached hydrogens (primary N) is 1. The third kappa shape index (κ3) is 8.46. The number of halogens is 3. The molecule has 2 unspecified atom stereocenters. The van der Waals surface area contributed by atoms with Crippen LogP contribution in [0.5, 0.6) is 0 Å². The number of alkyl halides is 3. The average molecular weight is 233 g/mol. The lowest BCUT2D eigenvalue weighted by Gasteiger charge is -2.09. The molecule has 86 valence electrons. The highest BCUT2D eigenvalue weighted by atomic mass is 32.2. The van der Waals surface area contributed by atoms with E-state index in [-0.39, 0.29) is 17.6 Å². The van der Waals surface area contributed by atoms with Gasteiger partial charge in [0.25, 0.3) is 0 Å². The molecule has 0 bridgehead atoms. The Labute approximate surface area is 83.3 Å². The molecule has 0 spiro atoms. The van der Waals surface area contributed by atoms with Crippen LogP contribution in [0, 0.1) is 5.92 Å². The number of hydrogen-bond donors (Lipinski definition) is 1. The minimum absolute atomic E-state index is 0.0327. The van der Waals surface area contributed by atoms with E-state index in [1.807, 2.05) is 0 Å². The van der Waals surface area contributed by atoms with Gasteiger partial charge in [-0.1, -0.05) is 6.92 Å². The Hall–Kier alpha value is -0.140. The van der Waals surface area contributed by atoms with E-state index in [1.54, 1.807) is 6.92 Å². The second-order valence-electron chi connectivity index (χ2n) is 3.03. The molecule has 0 aliphatic heterocycles. The Morgan fingerprint density at radius 1 is 1.50 bits per heavy atom. The van der Waals surface area contributed by atoms with Crippen LogP contribution in [-0.4, -0.2) is 35.2 Å². The van der Waals surface area contributed by atoms with E-state index < -0.39 is 23.6 Å². The van der Waals surface area contributed by atoms with Crippen molar-refractivity contribution >= 4 is 10.8 Å². The monoisotopic (exact) mass is 233 g/mol. The van der Waals surface area contributed by atoms with Crippen LogP contribution >= 0.6 is 0 Å². The second kappa shape index (κ2) is 6.36. The normalized spacial score (nSPS) is 16.6. The molecule has 2 N–H and O–H groups in total. The third-order valence-electron chi connectivity index (χ3n) is 1.35. The van der Waals surface area contributed by atoms with Crippen molar-refractivity contribution in [3.63, 3.8) is 0 Å². The standard InChI is InChI=1S/C7H14F3NO2S/c1-6(2-11)3-14(12)5-13-4-7(8,9)10/h6H,2-5,11H2,1H3. The summed E-state index contributed by atoms with van der Waals surface area (Å²) in [4.78, 5) is 0. The number of ether oxygens (including phenoxy) is 1. The lowest BCUT2D eigenvalue weighted by Crippen LogP contribution is -2.22. The van der Waals surface area contributed by atoms with Crippen molar-refractivity contribution in [3.8, 4) is 0 Å². The smallest absolute Gasteiger partial charge is 0.359 e. The minimum Gasteiger partial charge on any atom is -0.359 e. The van der Waals surface area contributed by atoms with Crippen LogP contribution in [0.2, 0.25) is 0 Å². The van der Waals surface area contributed by atoms with Gasteiger partial charge in [0.15, 0.2) is 0 Å². The SMILES string of the molecule is CC(CN)CS(=O)COCC(F)(F)F. The Morgan fingerprint density at radius 2 is 2.07 bits per heavy atom. The summed E-state index contributed by atoms with van der Waals surface area (Å²) in [6.45, 7) is 0.794. The first-order chi connectivity index (χ1) is 6.35. The first-order valence-corrected chi connectivity index (χ1v) is 5.53. The second-order valence-corrected chi connectivity index (χ2v) is 4.48. The summed E-state index contributed by atoms with van der Waals surface area (Å²) in [6.07, 6.45) is -4.36. The van der Waals surface area contributed by atoms with Gasteiger partial charge in [-0.2, -0.15) is 13.2 Å². The summed E-state index contributed by atoms with van der Waals surface area (Å²) in [7, 11) is -1.39. The summed E-state index contributed by atoms with van der Waals surface area (Å²) in [5.74, 6) is -0.0802. The fraction of sp³-hybridized carbons (Fsp3) is 1.00. The molecule has 0 radical (unpaired) electrons. The van der Waals surface area contributed by atoms with Gasteiger partial charge >= 0.3 is 6.18 Å². The number of hydrogen-bond acceptors (Lipinski definition) is 3. The highest BCUT2D eigenvalue weighted by molar-refractivity contribution is 7.84. The van der Waals surface area contributed by atoms with Crippen LogP contribution in [0.15, 0.2) is 0 Å². The zero-order valence-electron chi connectivity index (χ0n) is 7.84. The molecule has 0 aliphatic carbocycles. The molecule has 0 saturated carbocycles. The van der Waals surface area contributed by atoms with Crippen LogP contribution in [-0.2, 0) is 15.5 Å². The molecule has 0 aromatic carbocycles. The first-order valence-electron chi connectivity index (χ1n) is 4.04. The van der Waals surface area contributed by atoms with Crippen LogP contribution < -0.4 is 5.73 Å². The Kier molecular flexibility index (Phi) is 6.30. The fourth-order valence-electron chi connectivity index (χ4n) is 0.684. The molecular formula is C7H14F3NO2S. The molecule has 7 heteroatoms. The minimum atomic E-state index is -4.36. The fourth-order valence-corrected chi connectivity index (χ4v) is 1.82. The van der Waals surface area contributed by atoms with E-state index in [2.05, 4.69) is 4.74 Å². The Balaban J connectivity index is 3.55. The molecule has 14 heavy (non-hydrogen) atoms. The highest BCUT2D eigenvalue weighted by Gasteiger charge is 2.27. The van der Waals surface area contributed by atoms with E-state index >= 15 is 0 Å². The highest BCUT2D eigenvalue weighted by Crippen LogP contribution is 2.14. The maximum Gasteiger partial charge on any atom is 0.411 e. The van der Waals surface area contributed by atoms with Crippen LogP contribution in [0.25, 0.3) is 0 Å². The lowest BCUT2D eigenvalue weighted by molar-refractivity contribution is -0.169. The van der Waals surface area contributed by atoms with E-state index in [4.69, 9.17) is 5.73 Å². The summed E-state index contributed by atoms with van der Waals surface area (Å²) < 4.78 is 50.1. The molecule has 0 amide bonds. The Bertz CT molecular complexity index is 186. The molecule has 0 heterocycles. The molecule has 0 aromatic heterocycles. The maximum atomic E-state index is 11.6. The van der Waals surface area contributed by atoms with Crippen molar-refractivity contribution in [1.29, 1.82) is 0 Å². The van der Waals surface area contributed by atoms with Crippen LogP contribution in [0.4, 0.5) is 13.2 Å². The summed E-state index contributed by atoms with van der Waals surface area (Å²) in [5, 5.41) is 0. The van der Waals surface area contributed by atoms with Gasteiger partial charge in [-0.3, -0.25) is 4.21 Å². The predicted octanol–water partition coefficient (Wildman–Crippen LogP) is 0.866. The summed E-state index contributed by atoms with van der Waals surface area (Å²) in [5.41, 5.74) is 5.26. The van der Waals surface area contributed by atoms with Gasteiger partial charge in [-0.25, -0.2) is 0 Å². The maximum absolute atomic E-state index is 11.6. The van der Waals surface area contributed by atoms with E-state index in [0.29, 0.717) is 6.54 Å². The first kappa shape index (κ1) is 13.9. The van der Waals surface area contributed by atoms with Gasteiger partial charge in [0, 0.05) is 16.6 Å². The van der Waals surface area contributed by atoms with Crippen LogP contribution in [0.1, 0.15) is 6.92 Å². The molecule has 0 rings (SSSR count). The van der Waals surface area contributed by atoms with Crippen LogP contribution in [0.3, 0.4) is 0 Å². The van der Waals surface area contributed by atoms with Crippen molar-refractivity contribution < 1.29 is 22.1 Å². The molecule has 0 aromatic rings. The van der Waals surface area contributed by atoms with E-state index in [1.165, 1.54) is 0 Å². The molecule has 0 saturated heterocycles. The van der Waals surface area contributed by atoms with E-state index in [0.717, 1.165) is 0 Å². The van der Waals surface area contributed by atoms with Crippen molar-refractivity contribution in [3.05, 3.63) is 0 Å². The lowest BCUT2D eigenvalue weighted by atomic mass is 10.2. The molecule has 0 fully saturated rings. The topological polar surface area (TPSA) is 52.3 Å². The molecular weight excluding hydrogens is 219 g/mol. The molecule has 0 aliphatic rings. The van der Waals surface area contributed by atoms with Crippen molar-refractivity contribution in [2.24, 2.45) is 11.7 Å². The average Bonchev–Trinajstić information content (AvgIpc) is 2.01. The largest absolute Gasteiger partial charge is 0.411 e. The summed E-state index contributed by atoms with van der Waals surface area (Å²) in [6, 6.07) is 0. The zero-order chi connectivity index (χ0) is 11.2. The van der Waals surface area contributed by atoms with Crippen molar-refractivity contribution in [2.45, 2.75) is 13.1 Å². The van der Waals surface area contributed by atoms with Gasteiger partial charge in [0.2, 0.25) is 0 Å².